The Labute approximate surface area is 392 Å². The van der Waals surface area contributed by atoms with Crippen LogP contribution in [0, 0.1) is 0 Å². The van der Waals surface area contributed by atoms with Gasteiger partial charge in [-0.15, -0.1) is 11.3 Å². The molecule has 314 valence electrons. The van der Waals surface area contributed by atoms with Crippen LogP contribution in [0.3, 0.4) is 0 Å². The Kier molecular flexibility index (Phi) is 7.41. The fourth-order valence-electron chi connectivity index (χ4n) is 12.6. The Balaban J connectivity index is 1.03. The van der Waals surface area contributed by atoms with E-state index in [4.69, 9.17) is 4.42 Å². The van der Waals surface area contributed by atoms with Crippen LogP contribution in [-0.4, -0.2) is 0 Å². The molecule has 3 heteroatoms. The van der Waals surface area contributed by atoms with E-state index in [0.29, 0.717) is 0 Å². The highest BCUT2D eigenvalue weighted by Crippen LogP contribution is 2.63. The zero-order valence-corrected chi connectivity index (χ0v) is 37.8. The van der Waals surface area contributed by atoms with E-state index in [-0.39, 0.29) is 5.41 Å². The minimum absolute atomic E-state index is 0.160. The zero-order chi connectivity index (χ0) is 44.2. The van der Waals surface area contributed by atoms with Gasteiger partial charge in [-0.2, -0.15) is 0 Å². The lowest BCUT2D eigenvalue weighted by Gasteiger charge is -2.36. The summed E-state index contributed by atoms with van der Waals surface area (Å²) in [6.45, 7) is 4.74. The van der Waals surface area contributed by atoms with Gasteiger partial charge in [0.2, 0.25) is 0 Å². The Hall–Kier alpha value is -7.98. The number of furan rings is 1. The summed E-state index contributed by atoms with van der Waals surface area (Å²) in [6, 6.07) is 79.9. The van der Waals surface area contributed by atoms with Crippen LogP contribution in [0.1, 0.15) is 47.2 Å². The van der Waals surface area contributed by atoms with Gasteiger partial charge in [0.15, 0.2) is 0 Å². The molecule has 0 N–H and O–H groups in total. The lowest BCUT2D eigenvalue weighted by Crippen LogP contribution is -2.29. The van der Waals surface area contributed by atoms with Crippen molar-refractivity contribution in [1.82, 2.24) is 0 Å². The smallest absolute Gasteiger partial charge is 0.135 e. The zero-order valence-electron chi connectivity index (χ0n) is 37.0. The predicted octanol–water partition coefficient (Wildman–Crippen LogP) is 17.7. The van der Waals surface area contributed by atoms with E-state index in [1.165, 1.54) is 98.1 Å². The first kappa shape index (κ1) is 37.3. The van der Waals surface area contributed by atoms with Crippen LogP contribution < -0.4 is 4.90 Å². The number of benzene rings is 10. The minimum atomic E-state index is -0.595. The van der Waals surface area contributed by atoms with E-state index < -0.39 is 5.41 Å². The number of para-hydroxylation sites is 1. The third-order valence-electron chi connectivity index (χ3n) is 15.5. The van der Waals surface area contributed by atoms with E-state index in [1.54, 1.807) is 0 Å². The summed E-state index contributed by atoms with van der Waals surface area (Å²) >= 11 is 1.90. The number of fused-ring (bicyclic) bond motifs is 21. The molecule has 3 aliphatic rings. The number of thiophene rings is 1. The quantitative estimate of drug-likeness (QED) is 0.176. The van der Waals surface area contributed by atoms with E-state index in [0.717, 1.165) is 39.0 Å². The van der Waals surface area contributed by atoms with Gasteiger partial charge in [0, 0.05) is 53.4 Å². The fraction of sp³-hybridized carbons (Fsp3) is 0.0625. The van der Waals surface area contributed by atoms with Crippen molar-refractivity contribution in [2.45, 2.75) is 24.7 Å². The van der Waals surface area contributed by atoms with Crippen LogP contribution in [-0.2, 0) is 10.8 Å². The molecule has 3 aliphatic carbocycles. The normalized spacial score (nSPS) is 15.8. The van der Waals surface area contributed by atoms with Crippen molar-refractivity contribution in [1.29, 1.82) is 0 Å². The van der Waals surface area contributed by atoms with Gasteiger partial charge < -0.3 is 9.32 Å². The molecule has 1 atom stereocenters. The van der Waals surface area contributed by atoms with Crippen molar-refractivity contribution >= 4 is 70.5 Å². The lowest BCUT2D eigenvalue weighted by molar-refractivity contribution is 0.660. The standard InChI is InChI=1S/C64H41NOS/c1-63(2)53-22-10-5-18-44(53)46-30-27-40(35-57(46)63)65(39-29-32-60-51(34-39)47-20-8-13-25-59(47)66-60)38-28-31-56-49(33-38)42-16-4-3-15-41(42)43-17-6-11-23-54(43)64(56)55-24-12-7-19-45(55)50-36-52-48-21-9-14-26-61(48)67-62(52)37-58(50)64/h3-37H,1-2H3. The van der Waals surface area contributed by atoms with E-state index in [1.807, 2.05) is 17.4 Å². The van der Waals surface area contributed by atoms with E-state index in [2.05, 4.69) is 225 Å². The second kappa shape index (κ2) is 13.3. The SMILES string of the molecule is CC1(C)c2ccccc2-c2ccc(N(c3ccc4c(c3)-c3ccccc3-c3ccccc3C43c4ccccc4-c4cc5c(cc43)sc3ccccc35)c3ccc4oc5ccccc5c4c3)cc21. The van der Waals surface area contributed by atoms with Gasteiger partial charge in [-0.3, -0.25) is 0 Å². The van der Waals surface area contributed by atoms with Gasteiger partial charge in [0.05, 0.1) is 5.41 Å². The molecule has 2 nitrogen and oxygen atoms in total. The van der Waals surface area contributed by atoms with Crippen molar-refractivity contribution in [2.24, 2.45) is 0 Å². The highest BCUT2D eigenvalue weighted by Gasteiger charge is 2.50. The highest BCUT2D eigenvalue weighted by atomic mass is 32.1. The topological polar surface area (TPSA) is 16.4 Å². The summed E-state index contributed by atoms with van der Waals surface area (Å²) in [5.41, 5.74) is 22.5. The third kappa shape index (κ3) is 4.89. The van der Waals surface area contributed by atoms with Gasteiger partial charge in [0.25, 0.3) is 0 Å². The molecule has 15 rings (SSSR count). The van der Waals surface area contributed by atoms with Gasteiger partial charge >= 0.3 is 0 Å². The molecule has 0 fully saturated rings. The predicted molar refractivity (Wildman–Crippen MR) is 281 cm³/mol. The number of rotatable bonds is 3. The van der Waals surface area contributed by atoms with E-state index in [9.17, 15) is 0 Å². The fourth-order valence-corrected chi connectivity index (χ4v) is 13.7. The first-order chi connectivity index (χ1) is 33.0. The molecule has 1 spiro atoms. The van der Waals surface area contributed by atoms with Gasteiger partial charge in [-0.1, -0.05) is 159 Å². The molecular formula is C64H41NOS. The Morgan fingerprint density at radius 1 is 0.328 bits per heavy atom. The van der Waals surface area contributed by atoms with Crippen LogP contribution in [0.4, 0.5) is 17.1 Å². The maximum absolute atomic E-state index is 6.42. The molecule has 0 aliphatic heterocycles. The average molecular weight is 872 g/mol. The number of nitrogens with zero attached hydrogens (tertiary/aromatic N) is 1. The van der Waals surface area contributed by atoms with Crippen LogP contribution in [0.15, 0.2) is 217 Å². The number of hydrogen-bond donors (Lipinski definition) is 0. The van der Waals surface area contributed by atoms with Gasteiger partial charge in [-0.05, 0) is 145 Å². The molecule has 0 saturated carbocycles. The highest BCUT2D eigenvalue weighted by molar-refractivity contribution is 7.25. The molecule has 2 aromatic heterocycles. The number of anilines is 3. The maximum Gasteiger partial charge on any atom is 0.135 e. The summed E-state index contributed by atoms with van der Waals surface area (Å²) in [7, 11) is 0. The molecule has 0 amide bonds. The van der Waals surface area contributed by atoms with E-state index >= 15 is 0 Å². The summed E-state index contributed by atoms with van der Waals surface area (Å²) in [5, 5.41) is 4.87. The van der Waals surface area contributed by atoms with Gasteiger partial charge in [-0.25, -0.2) is 0 Å². The Morgan fingerprint density at radius 3 is 1.64 bits per heavy atom. The summed E-state index contributed by atoms with van der Waals surface area (Å²) < 4.78 is 9.06. The van der Waals surface area contributed by atoms with Crippen LogP contribution in [0.25, 0.3) is 86.6 Å². The molecule has 12 aromatic rings. The summed E-state index contributed by atoms with van der Waals surface area (Å²) in [5.74, 6) is 0. The Morgan fingerprint density at radius 2 is 0.851 bits per heavy atom. The van der Waals surface area contributed by atoms with Crippen molar-refractivity contribution < 1.29 is 4.42 Å². The molecule has 0 saturated heterocycles. The van der Waals surface area contributed by atoms with Crippen LogP contribution >= 0.6 is 11.3 Å². The molecule has 0 bridgehead atoms. The lowest BCUT2D eigenvalue weighted by atomic mass is 9.66. The first-order valence-corrected chi connectivity index (χ1v) is 24.1. The Bertz CT molecular complexity index is 4110. The second-order valence-electron chi connectivity index (χ2n) is 19.1. The molecule has 2 heterocycles. The van der Waals surface area contributed by atoms with Crippen molar-refractivity contribution in [3.05, 3.63) is 246 Å². The molecule has 1 unspecified atom stereocenters. The van der Waals surface area contributed by atoms with Crippen LogP contribution in [0.5, 0.6) is 0 Å². The molecule has 0 radical (unpaired) electrons. The number of hydrogen-bond acceptors (Lipinski definition) is 3. The maximum atomic E-state index is 6.42. The second-order valence-corrected chi connectivity index (χ2v) is 20.2. The van der Waals surface area contributed by atoms with Crippen molar-refractivity contribution in [3.63, 3.8) is 0 Å². The molecular weight excluding hydrogens is 831 g/mol. The minimum Gasteiger partial charge on any atom is -0.456 e. The monoisotopic (exact) mass is 871 g/mol. The summed E-state index contributed by atoms with van der Waals surface area (Å²) in [6.07, 6.45) is 0. The van der Waals surface area contributed by atoms with Gasteiger partial charge in [0.1, 0.15) is 11.2 Å². The third-order valence-corrected chi connectivity index (χ3v) is 16.6. The molecule has 10 aromatic carbocycles. The van der Waals surface area contributed by atoms with Crippen molar-refractivity contribution in [2.75, 3.05) is 4.90 Å². The summed E-state index contributed by atoms with van der Waals surface area (Å²) in [4.78, 5) is 2.48. The first-order valence-electron chi connectivity index (χ1n) is 23.3. The average Bonchev–Trinajstić information content (AvgIpc) is 4.06. The largest absolute Gasteiger partial charge is 0.456 e. The molecule has 67 heavy (non-hydrogen) atoms. The van der Waals surface area contributed by atoms with Crippen LogP contribution in [0.2, 0.25) is 0 Å². The van der Waals surface area contributed by atoms with Crippen molar-refractivity contribution in [3.8, 4) is 44.5 Å².